The average Bonchev–Trinajstić information content (AvgIpc) is 2.99. The molecule has 0 radical (unpaired) electrons. The number of aromatic carboxylic acids is 1. The summed E-state index contributed by atoms with van der Waals surface area (Å²) in [7, 11) is 0. The number of hydrogen-bond donors (Lipinski definition) is 3. The largest absolute Gasteiger partial charge is 0.507 e. The quantitative estimate of drug-likeness (QED) is 0.467. The SMILES string of the molecule is O=C1OC2(c3ccccc31)c1ccc(O)c(C(=O)O)c1Oc1cc(O)c(Cl)c(Cl)c12. The maximum Gasteiger partial charge on any atom is 0.343 e. The highest BCUT2D eigenvalue weighted by molar-refractivity contribution is 6.43. The Morgan fingerprint density at radius 2 is 1.70 bits per heavy atom. The Balaban J connectivity index is 1.99. The monoisotopic (exact) mass is 444 g/mol. The fourth-order valence-electron chi connectivity index (χ4n) is 4.01. The maximum atomic E-state index is 12.8. The summed E-state index contributed by atoms with van der Waals surface area (Å²) in [6.07, 6.45) is 0. The molecule has 3 aromatic rings. The van der Waals surface area contributed by atoms with E-state index in [1.54, 1.807) is 24.3 Å². The summed E-state index contributed by atoms with van der Waals surface area (Å²) in [5.74, 6) is -3.36. The molecule has 0 fully saturated rings. The topological polar surface area (TPSA) is 113 Å². The highest BCUT2D eigenvalue weighted by atomic mass is 35.5. The second kappa shape index (κ2) is 6.04. The number of fused-ring (bicyclic) bond motifs is 6. The number of aromatic hydroxyl groups is 2. The van der Waals surface area contributed by atoms with Crippen LogP contribution in [0.2, 0.25) is 10.0 Å². The number of benzene rings is 3. The van der Waals surface area contributed by atoms with Gasteiger partial charge in [-0.15, -0.1) is 0 Å². The molecule has 7 nitrogen and oxygen atoms in total. The second-order valence-corrected chi connectivity index (χ2v) is 7.51. The highest BCUT2D eigenvalue weighted by Crippen LogP contribution is 2.61. The maximum absolute atomic E-state index is 12.8. The average molecular weight is 445 g/mol. The summed E-state index contributed by atoms with van der Waals surface area (Å²) in [6, 6.07) is 10.3. The van der Waals surface area contributed by atoms with Crippen LogP contribution in [0.25, 0.3) is 0 Å². The number of carbonyl (C=O) groups is 2. The molecule has 0 bridgehead atoms. The minimum absolute atomic E-state index is 0.0630. The minimum atomic E-state index is -1.69. The van der Waals surface area contributed by atoms with Crippen LogP contribution in [0, 0.1) is 0 Å². The van der Waals surface area contributed by atoms with Crippen molar-refractivity contribution < 1.29 is 34.4 Å². The van der Waals surface area contributed by atoms with Gasteiger partial charge in [0.2, 0.25) is 0 Å². The molecule has 0 saturated carbocycles. The van der Waals surface area contributed by atoms with Gasteiger partial charge in [-0.05, 0) is 18.2 Å². The molecule has 3 N–H and O–H groups in total. The molecule has 0 aromatic heterocycles. The molecular weight excluding hydrogens is 435 g/mol. The Bertz CT molecular complexity index is 1300. The highest BCUT2D eigenvalue weighted by Gasteiger charge is 2.56. The number of halogens is 2. The molecule has 5 rings (SSSR count). The Kier molecular flexibility index (Phi) is 3.75. The van der Waals surface area contributed by atoms with Gasteiger partial charge in [-0.3, -0.25) is 0 Å². The van der Waals surface area contributed by atoms with Gasteiger partial charge in [-0.1, -0.05) is 41.4 Å². The van der Waals surface area contributed by atoms with Gasteiger partial charge in [0.1, 0.15) is 27.8 Å². The summed E-state index contributed by atoms with van der Waals surface area (Å²) in [4.78, 5) is 24.6. The summed E-state index contributed by atoms with van der Waals surface area (Å²) in [6.45, 7) is 0. The lowest BCUT2D eigenvalue weighted by molar-refractivity contribution is 0.0224. The van der Waals surface area contributed by atoms with Crippen molar-refractivity contribution in [1.82, 2.24) is 0 Å². The van der Waals surface area contributed by atoms with Crippen molar-refractivity contribution in [2.75, 3.05) is 0 Å². The summed E-state index contributed by atoms with van der Waals surface area (Å²) < 4.78 is 11.6. The number of phenols is 2. The first-order valence-electron chi connectivity index (χ1n) is 8.59. The number of carbonyl (C=O) groups excluding carboxylic acids is 1. The van der Waals surface area contributed by atoms with Gasteiger partial charge in [-0.25, -0.2) is 9.59 Å². The van der Waals surface area contributed by atoms with Gasteiger partial charge in [-0.2, -0.15) is 0 Å². The first-order valence-corrected chi connectivity index (χ1v) is 9.34. The fourth-order valence-corrected chi connectivity index (χ4v) is 4.48. The summed E-state index contributed by atoms with van der Waals surface area (Å²) >= 11 is 12.6. The van der Waals surface area contributed by atoms with Crippen LogP contribution in [0.4, 0.5) is 0 Å². The standard InChI is InChI=1S/C21H10Cl2O7/c22-16-12(25)7-13-15(17(16)23)21(9-4-2-1-3-8(9)20(28)30-21)10-5-6-11(24)14(19(26)27)18(10)29-13/h1-7,24-25H,(H,26,27). The number of carboxylic acids is 1. The number of phenolic OH excluding ortho intramolecular Hbond substituents is 1. The van der Waals surface area contributed by atoms with E-state index in [-0.39, 0.29) is 38.2 Å². The van der Waals surface area contributed by atoms with Gasteiger partial charge >= 0.3 is 11.9 Å². The van der Waals surface area contributed by atoms with Crippen LogP contribution < -0.4 is 4.74 Å². The predicted octanol–water partition coefficient (Wildman–Crippen LogP) is 4.67. The molecule has 0 aliphatic carbocycles. The van der Waals surface area contributed by atoms with Crippen LogP contribution in [0.3, 0.4) is 0 Å². The number of hydrogen-bond acceptors (Lipinski definition) is 6. The normalized spacial score (nSPS) is 18.3. The van der Waals surface area contributed by atoms with E-state index in [0.29, 0.717) is 5.56 Å². The Labute approximate surface area is 178 Å². The Hall–Kier alpha value is -3.42. The van der Waals surface area contributed by atoms with Crippen molar-refractivity contribution in [3.8, 4) is 23.0 Å². The molecule has 0 amide bonds. The predicted molar refractivity (Wildman–Crippen MR) is 105 cm³/mol. The second-order valence-electron chi connectivity index (χ2n) is 6.76. The molecule has 9 heteroatoms. The van der Waals surface area contributed by atoms with Gasteiger partial charge in [0.15, 0.2) is 11.4 Å². The van der Waals surface area contributed by atoms with Crippen LogP contribution in [-0.2, 0) is 10.3 Å². The number of rotatable bonds is 1. The zero-order valence-electron chi connectivity index (χ0n) is 14.8. The molecule has 1 atom stereocenters. The van der Waals surface area contributed by atoms with E-state index in [4.69, 9.17) is 32.7 Å². The molecule has 3 aromatic carbocycles. The molecule has 2 aliphatic heterocycles. The van der Waals surface area contributed by atoms with Gasteiger partial charge in [0.25, 0.3) is 0 Å². The van der Waals surface area contributed by atoms with E-state index in [2.05, 4.69) is 0 Å². The lowest BCUT2D eigenvalue weighted by Gasteiger charge is -2.37. The van der Waals surface area contributed by atoms with Gasteiger partial charge in [0.05, 0.1) is 16.1 Å². The molecule has 0 saturated heterocycles. The summed E-state index contributed by atoms with van der Waals surface area (Å²) in [5.41, 5.74) is -1.29. The number of esters is 1. The molecule has 30 heavy (non-hydrogen) atoms. The van der Waals surface area contributed by atoms with E-state index in [9.17, 15) is 24.9 Å². The van der Waals surface area contributed by atoms with Crippen molar-refractivity contribution in [2.24, 2.45) is 0 Å². The zero-order valence-corrected chi connectivity index (χ0v) is 16.3. The third-order valence-electron chi connectivity index (χ3n) is 5.22. The number of carboxylic acid groups (broad SMARTS) is 1. The van der Waals surface area contributed by atoms with Crippen LogP contribution in [0.5, 0.6) is 23.0 Å². The lowest BCUT2D eigenvalue weighted by Crippen LogP contribution is -2.34. The van der Waals surface area contributed by atoms with E-state index < -0.39 is 34.6 Å². The van der Waals surface area contributed by atoms with Crippen LogP contribution in [0.1, 0.15) is 37.4 Å². The van der Waals surface area contributed by atoms with Crippen molar-refractivity contribution in [1.29, 1.82) is 0 Å². The summed E-state index contributed by atoms with van der Waals surface area (Å²) in [5, 5.41) is 29.7. The lowest BCUT2D eigenvalue weighted by atomic mass is 9.77. The van der Waals surface area contributed by atoms with Crippen molar-refractivity contribution in [3.63, 3.8) is 0 Å². The molecule has 150 valence electrons. The first kappa shape index (κ1) is 18.6. The molecule has 2 aliphatic rings. The third-order valence-corrected chi connectivity index (χ3v) is 6.07. The van der Waals surface area contributed by atoms with E-state index in [1.807, 2.05) is 0 Å². The van der Waals surface area contributed by atoms with Crippen molar-refractivity contribution in [2.45, 2.75) is 5.60 Å². The van der Waals surface area contributed by atoms with Crippen LogP contribution in [-0.4, -0.2) is 27.3 Å². The fraction of sp³-hybridized carbons (Fsp3) is 0.0476. The van der Waals surface area contributed by atoms with Gasteiger partial charge in [0, 0.05) is 17.2 Å². The zero-order chi connectivity index (χ0) is 21.4. The van der Waals surface area contributed by atoms with E-state index in [1.165, 1.54) is 12.1 Å². The van der Waals surface area contributed by atoms with E-state index in [0.717, 1.165) is 6.07 Å². The molecule has 1 spiro atoms. The van der Waals surface area contributed by atoms with Gasteiger partial charge < -0.3 is 24.8 Å². The van der Waals surface area contributed by atoms with E-state index >= 15 is 0 Å². The molecular formula is C21H10Cl2O7. The van der Waals surface area contributed by atoms with Crippen LogP contribution >= 0.6 is 23.2 Å². The molecule has 2 heterocycles. The smallest absolute Gasteiger partial charge is 0.343 e. The first-order chi connectivity index (χ1) is 14.3. The third kappa shape index (κ3) is 2.16. The van der Waals surface area contributed by atoms with Crippen molar-refractivity contribution >= 4 is 35.1 Å². The van der Waals surface area contributed by atoms with Crippen LogP contribution in [0.15, 0.2) is 42.5 Å². The van der Waals surface area contributed by atoms with Crippen molar-refractivity contribution in [3.05, 3.63) is 80.3 Å². The number of ether oxygens (including phenoxy) is 2. The Morgan fingerprint density at radius 1 is 0.967 bits per heavy atom. The minimum Gasteiger partial charge on any atom is -0.507 e. The Morgan fingerprint density at radius 3 is 2.43 bits per heavy atom. The molecule has 1 unspecified atom stereocenters.